The van der Waals surface area contributed by atoms with Gasteiger partial charge in [0.05, 0.1) is 0 Å². The van der Waals surface area contributed by atoms with Gasteiger partial charge in [0.15, 0.2) is 0 Å². The molecule has 0 amide bonds. The second-order valence-corrected chi connectivity index (χ2v) is 6.84. The largest absolute Gasteiger partial charge is 0.326 e. The van der Waals surface area contributed by atoms with Gasteiger partial charge in [-0.3, -0.25) is 9.35 Å². The van der Waals surface area contributed by atoms with Gasteiger partial charge < -0.3 is 4.98 Å². The van der Waals surface area contributed by atoms with E-state index < -0.39 is 10.1 Å². The van der Waals surface area contributed by atoms with Crippen molar-refractivity contribution in [2.24, 2.45) is 0 Å². The fourth-order valence-electron chi connectivity index (χ4n) is 1.79. The monoisotopic (exact) mass is 299 g/mol. The molecule has 0 aliphatic rings. The van der Waals surface area contributed by atoms with Crippen molar-refractivity contribution in [1.29, 1.82) is 0 Å². The number of aryl methyl sites for hydroxylation is 2. The number of thiophene rings is 1. The van der Waals surface area contributed by atoms with Gasteiger partial charge in [-0.05, 0) is 31.5 Å². The third-order valence-corrected chi connectivity index (χ3v) is 5.24. The van der Waals surface area contributed by atoms with E-state index in [1.54, 1.807) is 19.1 Å². The molecule has 2 aromatic heterocycles. The predicted molar refractivity (Wildman–Crippen MR) is 74.3 cm³/mol. The van der Waals surface area contributed by atoms with Crippen LogP contribution in [0.2, 0.25) is 0 Å². The molecule has 5 nitrogen and oxygen atoms in total. The van der Waals surface area contributed by atoms with E-state index in [9.17, 15) is 13.2 Å². The van der Waals surface area contributed by atoms with E-state index >= 15 is 0 Å². The Labute approximate surface area is 114 Å². The second-order valence-electron chi connectivity index (χ2n) is 4.11. The van der Waals surface area contributed by atoms with E-state index in [0.717, 1.165) is 16.9 Å². The van der Waals surface area contributed by atoms with E-state index in [-0.39, 0.29) is 9.77 Å². The van der Waals surface area contributed by atoms with Crippen LogP contribution in [0.1, 0.15) is 18.2 Å². The summed E-state index contributed by atoms with van der Waals surface area (Å²) in [7, 11) is -4.18. The molecule has 0 aromatic carbocycles. The molecule has 19 heavy (non-hydrogen) atoms. The zero-order valence-electron chi connectivity index (χ0n) is 10.4. The molecule has 0 spiro atoms. The van der Waals surface area contributed by atoms with Crippen LogP contribution >= 0.6 is 11.3 Å². The van der Waals surface area contributed by atoms with Crippen LogP contribution in [0.25, 0.3) is 10.4 Å². The lowest BCUT2D eigenvalue weighted by molar-refractivity contribution is 0.485. The molecular formula is C12H13NO4S2. The van der Waals surface area contributed by atoms with Crippen molar-refractivity contribution in [3.8, 4) is 10.4 Å². The third kappa shape index (κ3) is 2.78. The zero-order chi connectivity index (χ0) is 14.2. The highest BCUT2D eigenvalue weighted by atomic mass is 32.3. The molecule has 7 heteroatoms. The molecule has 0 atom stereocenters. The number of aromatic amines is 1. The number of pyridine rings is 1. The Balaban J connectivity index is 2.59. The highest BCUT2D eigenvalue weighted by Crippen LogP contribution is 2.32. The van der Waals surface area contributed by atoms with Crippen molar-refractivity contribution in [3.05, 3.63) is 39.8 Å². The minimum Gasteiger partial charge on any atom is -0.326 e. The lowest BCUT2D eigenvalue weighted by Crippen LogP contribution is -2.13. The molecular weight excluding hydrogens is 286 g/mol. The lowest BCUT2D eigenvalue weighted by atomic mass is 10.1. The summed E-state index contributed by atoms with van der Waals surface area (Å²) in [6.07, 6.45) is 0.596. The van der Waals surface area contributed by atoms with Gasteiger partial charge >= 0.3 is 10.1 Å². The van der Waals surface area contributed by atoms with E-state index in [1.807, 2.05) is 6.92 Å². The Hall–Kier alpha value is -1.44. The van der Waals surface area contributed by atoms with Gasteiger partial charge in [0.25, 0.3) is 5.56 Å². The highest BCUT2D eigenvalue weighted by molar-refractivity contribution is 7.88. The fraction of sp³-hybridized carbons (Fsp3) is 0.250. The molecule has 0 radical (unpaired) electrons. The smallest absolute Gasteiger partial charge is 0.304 e. The Morgan fingerprint density at radius 3 is 2.58 bits per heavy atom. The Kier molecular flexibility index (Phi) is 3.62. The summed E-state index contributed by atoms with van der Waals surface area (Å²) in [5.41, 5.74) is 1.96. The Morgan fingerprint density at radius 2 is 2.05 bits per heavy atom. The van der Waals surface area contributed by atoms with Crippen molar-refractivity contribution in [1.82, 2.24) is 4.98 Å². The number of hydrogen-bond donors (Lipinski definition) is 2. The third-order valence-electron chi connectivity index (χ3n) is 2.80. The summed E-state index contributed by atoms with van der Waals surface area (Å²) < 4.78 is 31.0. The molecule has 2 aromatic rings. The molecule has 0 fully saturated rings. The quantitative estimate of drug-likeness (QED) is 0.851. The molecule has 0 saturated heterocycles. The van der Waals surface area contributed by atoms with E-state index in [2.05, 4.69) is 4.98 Å². The first-order valence-electron chi connectivity index (χ1n) is 5.63. The van der Waals surface area contributed by atoms with Crippen molar-refractivity contribution >= 4 is 21.5 Å². The minimum atomic E-state index is -4.18. The van der Waals surface area contributed by atoms with Gasteiger partial charge in [-0.25, -0.2) is 0 Å². The van der Waals surface area contributed by atoms with Gasteiger partial charge in [0, 0.05) is 21.7 Å². The molecule has 0 saturated carbocycles. The molecule has 2 rings (SSSR count). The fourth-order valence-corrected chi connectivity index (χ4v) is 3.53. The first-order chi connectivity index (χ1) is 8.82. The lowest BCUT2D eigenvalue weighted by Gasteiger charge is -2.05. The number of nitrogens with one attached hydrogen (secondary N) is 1. The summed E-state index contributed by atoms with van der Waals surface area (Å²) in [5, 5.41) is 0. The van der Waals surface area contributed by atoms with E-state index in [0.29, 0.717) is 22.6 Å². The maximum Gasteiger partial charge on any atom is 0.304 e. The van der Waals surface area contributed by atoms with E-state index in [4.69, 9.17) is 4.55 Å². The number of rotatable bonds is 3. The second kappa shape index (κ2) is 4.92. The summed E-state index contributed by atoms with van der Waals surface area (Å²) in [6, 6.07) is 4.73. The highest BCUT2D eigenvalue weighted by Gasteiger charge is 2.15. The predicted octanol–water partition coefficient (Wildman–Crippen LogP) is 2.22. The standard InChI is InChI=1S/C12H13NO4S2/c1-3-8-6-9(7(2)13-12(8)14)10-4-5-11(18-10)19(15,16)17/h4-6H,3H2,1-2H3,(H,13,14)(H,15,16,17). The molecule has 2 N–H and O–H groups in total. The van der Waals surface area contributed by atoms with Gasteiger partial charge in [-0.15, -0.1) is 11.3 Å². The van der Waals surface area contributed by atoms with Gasteiger partial charge in [-0.1, -0.05) is 6.92 Å². The van der Waals surface area contributed by atoms with Crippen molar-refractivity contribution in [2.45, 2.75) is 24.5 Å². The first kappa shape index (κ1) is 14.0. The summed E-state index contributed by atoms with van der Waals surface area (Å²) in [6.45, 7) is 3.63. The number of H-pyrrole nitrogens is 1. The normalized spacial score (nSPS) is 11.7. The molecule has 0 bridgehead atoms. The number of aromatic nitrogens is 1. The molecule has 0 aliphatic heterocycles. The first-order valence-corrected chi connectivity index (χ1v) is 7.89. The van der Waals surface area contributed by atoms with Gasteiger partial charge in [0.2, 0.25) is 0 Å². The Bertz CT molecular complexity index is 771. The van der Waals surface area contributed by atoms with Crippen LogP contribution in [0, 0.1) is 6.92 Å². The Morgan fingerprint density at radius 1 is 1.37 bits per heavy atom. The zero-order valence-corrected chi connectivity index (χ0v) is 12.1. The van der Waals surface area contributed by atoms with Crippen LogP contribution in [0.4, 0.5) is 0 Å². The van der Waals surface area contributed by atoms with Crippen LogP contribution in [-0.4, -0.2) is 18.0 Å². The maximum absolute atomic E-state index is 11.6. The van der Waals surface area contributed by atoms with Crippen molar-refractivity contribution in [2.75, 3.05) is 0 Å². The number of hydrogen-bond acceptors (Lipinski definition) is 4. The van der Waals surface area contributed by atoms with E-state index in [1.165, 1.54) is 6.07 Å². The summed E-state index contributed by atoms with van der Waals surface area (Å²) >= 11 is 0.972. The molecule has 102 valence electrons. The molecule has 0 aliphatic carbocycles. The topological polar surface area (TPSA) is 87.2 Å². The summed E-state index contributed by atoms with van der Waals surface area (Å²) in [4.78, 5) is 15.1. The minimum absolute atomic E-state index is 0.105. The van der Waals surface area contributed by atoms with Crippen LogP contribution in [0.3, 0.4) is 0 Å². The average molecular weight is 299 g/mol. The molecule has 2 heterocycles. The van der Waals surface area contributed by atoms with Gasteiger partial charge in [0.1, 0.15) is 4.21 Å². The van der Waals surface area contributed by atoms with Crippen LogP contribution in [0.15, 0.2) is 27.2 Å². The van der Waals surface area contributed by atoms with Crippen molar-refractivity contribution < 1.29 is 13.0 Å². The average Bonchev–Trinajstić information content (AvgIpc) is 2.78. The summed E-state index contributed by atoms with van der Waals surface area (Å²) in [5.74, 6) is 0. The van der Waals surface area contributed by atoms with Crippen LogP contribution in [0.5, 0.6) is 0 Å². The van der Waals surface area contributed by atoms with Crippen LogP contribution in [-0.2, 0) is 16.5 Å². The van der Waals surface area contributed by atoms with Crippen molar-refractivity contribution in [3.63, 3.8) is 0 Å². The maximum atomic E-state index is 11.6. The SMILES string of the molecule is CCc1cc(-c2ccc(S(=O)(=O)O)s2)c(C)[nH]c1=O. The van der Waals surface area contributed by atoms with Crippen LogP contribution < -0.4 is 5.56 Å². The van der Waals surface area contributed by atoms with Gasteiger partial charge in [-0.2, -0.15) is 8.42 Å². The molecule has 0 unspecified atom stereocenters.